The van der Waals surface area contributed by atoms with E-state index in [1.165, 1.54) is 14.1 Å². The maximum absolute atomic E-state index is 14.0. The van der Waals surface area contributed by atoms with E-state index in [0.29, 0.717) is 64.2 Å². The molecule has 0 bridgehead atoms. The van der Waals surface area contributed by atoms with E-state index >= 15 is 0 Å². The van der Waals surface area contributed by atoms with E-state index in [-0.39, 0.29) is 29.6 Å². The molecule has 0 unspecified atom stereocenters. The highest BCUT2D eigenvalue weighted by molar-refractivity contribution is 6.36. The molecular weight excluding hydrogens is 767 g/mol. The molecule has 57 heavy (non-hydrogen) atoms. The number of carbonyl (C=O) groups is 1. The average Bonchev–Trinajstić information content (AvgIpc) is 3.88. The number of amides is 2. The van der Waals surface area contributed by atoms with Crippen molar-refractivity contribution >= 4 is 40.2 Å². The minimum atomic E-state index is -4.96. The smallest absolute Gasteiger partial charge is 0.451 e. The summed E-state index contributed by atoms with van der Waals surface area (Å²) in [6.45, 7) is 3.98. The maximum atomic E-state index is 14.0. The molecule has 2 amide bonds. The molecule has 0 saturated carbocycles. The number of aryl methyl sites for hydroxylation is 2. The molecule has 3 aromatic heterocycles. The van der Waals surface area contributed by atoms with Crippen molar-refractivity contribution in [3.05, 3.63) is 90.8 Å². The molecule has 2 saturated heterocycles. The molecule has 2 aromatic carbocycles. The van der Waals surface area contributed by atoms with E-state index in [0.717, 1.165) is 46.1 Å². The predicted molar refractivity (Wildman–Crippen MR) is 207 cm³/mol. The zero-order chi connectivity index (χ0) is 40.6. The third-order valence-electron chi connectivity index (χ3n) is 11.4. The van der Waals surface area contributed by atoms with Crippen LogP contribution in [0.2, 0.25) is 5.02 Å². The second kappa shape index (κ2) is 14.1. The number of β-amino-alcohol motifs (C(OH)–C–C–N with tert-alkyl or cyclic N) is 1. The fourth-order valence-corrected chi connectivity index (χ4v) is 8.85. The number of hydrogen-bond acceptors (Lipinski definition) is 10. The summed E-state index contributed by atoms with van der Waals surface area (Å²) in [5.74, 6) is -1.42. The molecule has 5 heterocycles. The molecule has 1 aliphatic carbocycles. The van der Waals surface area contributed by atoms with E-state index in [9.17, 15) is 32.7 Å². The van der Waals surface area contributed by atoms with Crippen molar-refractivity contribution < 1.29 is 27.8 Å². The average molecular weight is 806 g/mol. The normalized spacial score (nSPS) is 19.5. The number of halogens is 4. The van der Waals surface area contributed by atoms with E-state index in [1.807, 2.05) is 30.3 Å². The molecule has 2 atom stereocenters. The van der Waals surface area contributed by atoms with Crippen molar-refractivity contribution in [1.29, 1.82) is 0 Å². The minimum absolute atomic E-state index is 0.0450. The first-order valence-electron chi connectivity index (χ1n) is 18.4. The number of hydrogen-bond donors (Lipinski definition) is 3. The predicted octanol–water partition coefficient (Wildman–Crippen LogP) is 4.94. The van der Waals surface area contributed by atoms with Crippen LogP contribution in [0.25, 0.3) is 33.4 Å². The van der Waals surface area contributed by atoms with Crippen LogP contribution < -0.4 is 26.6 Å². The van der Waals surface area contributed by atoms with Crippen molar-refractivity contribution in [1.82, 2.24) is 39.2 Å². The monoisotopic (exact) mass is 805 g/mol. The molecule has 3 N–H and O–H groups in total. The summed E-state index contributed by atoms with van der Waals surface area (Å²) in [5.41, 5.74) is 3.08. The number of ether oxygens (including phenoxy) is 1. The fourth-order valence-electron chi connectivity index (χ4n) is 8.53. The number of aliphatic hydroxyl groups is 1. The zero-order valence-corrected chi connectivity index (χ0v) is 32.3. The molecule has 0 radical (unpaired) electrons. The van der Waals surface area contributed by atoms with Gasteiger partial charge < -0.3 is 25.4 Å². The van der Waals surface area contributed by atoms with Crippen molar-refractivity contribution in [2.75, 3.05) is 45.2 Å². The highest BCUT2D eigenvalue weighted by Crippen LogP contribution is 2.47. The number of fused-ring (bicyclic) bond motifs is 2. The first kappa shape index (κ1) is 38.4. The fraction of sp³-hybridized carbons (Fsp3) is 0.385. The summed E-state index contributed by atoms with van der Waals surface area (Å²) in [4.78, 5) is 54.7. The SMILES string of the molecule is COc1nc(-c2cccc(-c3cccc(Nc4nc(C(F)(F)F)nc5c4c(=O)n(C)c(=O)n5C)c3C)c2Cl)cc2c1[C@@H](N1CC[C@@]3(CN(CCO)C(=O)N3)C1)CC2. The van der Waals surface area contributed by atoms with Crippen LogP contribution in [-0.2, 0) is 26.7 Å². The first-order chi connectivity index (χ1) is 27.1. The van der Waals surface area contributed by atoms with Crippen LogP contribution in [0.1, 0.15) is 41.4 Å². The lowest BCUT2D eigenvalue weighted by atomic mass is 9.96. The van der Waals surface area contributed by atoms with Gasteiger partial charge in [0.2, 0.25) is 11.7 Å². The van der Waals surface area contributed by atoms with Crippen LogP contribution in [0, 0.1) is 6.92 Å². The third-order valence-corrected chi connectivity index (χ3v) is 11.8. The Kier molecular flexibility index (Phi) is 9.52. The zero-order valence-electron chi connectivity index (χ0n) is 31.5. The van der Waals surface area contributed by atoms with Gasteiger partial charge in [-0.05, 0) is 55.0 Å². The highest BCUT2D eigenvalue weighted by atomic mass is 35.5. The number of rotatable bonds is 8. The quantitative estimate of drug-likeness (QED) is 0.196. The standard InChI is InChI=1S/C39H39ClF3N9O5/c1-20-22(7-6-10-25(20)44-31-29-32(47-35(46-31)39(41,42)43)49(2)37(56)50(3)34(29)54)23-8-5-9-24(30(23)40)26-17-21-11-12-27(28(21)33(45-26)57-4)51-14-13-38(18-51)19-52(15-16-53)36(55)48-38/h5-10,17,27,53H,11-16,18-19H2,1-4H3,(H,48,55)(H,44,46,47)/t27-,38-/m0/s1. The number of pyridine rings is 1. The number of nitrogens with one attached hydrogen (secondary N) is 2. The summed E-state index contributed by atoms with van der Waals surface area (Å²) >= 11 is 7.19. The van der Waals surface area contributed by atoms with Gasteiger partial charge in [0.25, 0.3) is 5.56 Å². The summed E-state index contributed by atoms with van der Waals surface area (Å²) in [7, 11) is 4.05. The van der Waals surface area contributed by atoms with Crippen molar-refractivity contribution in [3.8, 4) is 28.3 Å². The van der Waals surface area contributed by atoms with Gasteiger partial charge in [0.1, 0.15) is 11.2 Å². The summed E-state index contributed by atoms with van der Waals surface area (Å²) in [6.07, 6.45) is -2.53. The molecule has 298 valence electrons. The molecule has 18 heteroatoms. The van der Waals surface area contributed by atoms with Crippen LogP contribution in [-0.4, -0.2) is 90.5 Å². The van der Waals surface area contributed by atoms with Gasteiger partial charge in [0.05, 0.1) is 30.0 Å². The van der Waals surface area contributed by atoms with Crippen LogP contribution in [0.5, 0.6) is 5.88 Å². The molecule has 14 nitrogen and oxygen atoms in total. The van der Waals surface area contributed by atoms with Gasteiger partial charge in [-0.15, -0.1) is 0 Å². The molecule has 2 aliphatic heterocycles. The van der Waals surface area contributed by atoms with Gasteiger partial charge >= 0.3 is 17.9 Å². The van der Waals surface area contributed by atoms with E-state index in [1.54, 1.807) is 31.1 Å². The van der Waals surface area contributed by atoms with Gasteiger partial charge in [-0.25, -0.2) is 24.5 Å². The summed E-state index contributed by atoms with van der Waals surface area (Å²) < 4.78 is 49.5. The largest absolute Gasteiger partial charge is 0.481 e. The summed E-state index contributed by atoms with van der Waals surface area (Å²) in [5, 5.41) is 15.6. The Morgan fingerprint density at radius 3 is 2.51 bits per heavy atom. The number of alkyl halides is 3. The number of benzene rings is 2. The van der Waals surface area contributed by atoms with Crippen LogP contribution >= 0.6 is 11.6 Å². The van der Waals surface area contributed by atoms with Gasteiger partial charge in [-0.3, -0.25) is 18.8 Å². The van der Waals surface area contributed by atoms with Gasteiger partial charge in [-0.2, -0.15) is 13.2 Å². The van der Waals surface area contributed by atoms with Crippen molar-refractivity contribution in [2.45, 2.75) is 43.9 Å². The Bertz CT molecular complexity index is 2600. The number of likely N-dealkylation sites (tertiary alicyclic amines) is 1. The van der Waals surface area contributed by atoms with Crippen LogP contribution in [0.3, 0.4) is 0 Å². The molecule has 3 aliphatic rings. The molecule has 5 aromatic rings. The number of anilines is 2. The highest BCUT2D eigenvalue weighted by Gasteiger charge is 2.49. The first-order valence-corrected chi connectivity index (χ1v) is 18.7. The Balaban J connectivity index is 1.13. The van der Waals surface area contributed by atoms with Gasteiger partial charge in [-0.1, -0.05) is 41.9 Å². The van der Waals surface area contributed by atoms with Gasteiger partial charge in [0, 0.05) is 68.7 Å². The maximum Gasteiger partial charge on any atom is 0.451 e. The minimum Gasteiger partial charge on any atom is -0.481 e. The number of carbonyl (C=O) groups excluding carboxylic acids is 1. The number of aliphatic hydroxyl groups excluding tert-OH is 1. The van der Waals surface area contributed by atoms with E-state index in [2.05, 4.69) is 25.5 Å². The number of urea groups is 1. The molecule has 1 spiro atoms. The van der Waals surface area contributed by atoms with Crippen molar-refractivity contribution in [2.24, 2.45) is 14.1 Å². The Hall–Kier alpha value is -5.52. The van der Waals surface area contributed by atoms with Crippen molar-refractivity contribution in [3.63, 3.8) is 0 Å². The molecule has 2 fully saturated rings. The third kappa shape index (κ3) is 6.46. The Morgan fingerprint density at radius 2 is 1.77 bits per heavy atom. The second-order valence-electron chi connectivity index (χ2n) is 14.8. The van der Waals surface area contributed by atoms with Gasteiger partial charge in [0.15, 0.2) is 5.65 Å². The lowest BCUT2D eigenvalue weighted by Gasteiger charge is -2.28. The van der Waals surface area contributed by atoms with E-state index in [4.69, 9.17) is 21.3 Å². The lowest BCUT2D eigenvalue weighted by molar-refractivity contribution is -0.144. The lowest BCUT2D eigenvalue weighted by Crippen LogP contribution is -2.46. The summed E-state index contributed by atoms with van der Waals surface area (Å²) in [6, 6.07) is 12.6. The second-order valence-corrected chi connectivity index (χ2v) is 15.2. The molecular formula is C39H39ClF3N9O5. The topological polar surface area (TPSA) is 160 Å². The van der Waals surface area contributed by atoms with E-state index < -0.39 is 34.7 Å². The number of methoxy groups -OCH3 is 1. The number of aromatic nitrogens is 5. The Labute approximate surface area is 328 Å². The number of nitrogens with zero attached hydrogens (tertiary/aromatic N) is 7. The Morgan fingerprint density at radius 1 is 1.04 bits per heavy atom. The molecule has 8 rings (SSSR count). The van der Waals surface area contributed by atoms with Crippen LogP contribution in [0.15, 0.2) is 52.1 Å². The van der Waals surface area contributed by atoms with Crippen LogP contribution in [0.4, 0.5) is 29.5 Å².